The number of hydrogen-bond acceptors (Lipinski definition) is 2. The molecule has 1 N–H and O–H groups in total. The number of pyridine rings is 1. The number of halogens is 3. The predicted octanol–water partition coefficient (Wildman–Crippen LogP) is 3.11. The fourth-order valence-electron chi connectivity index (χ4n) is 1.37. The van der Waals surface area contributed by atoms with Crippen molar-refractivity contribution >= 4 is 5.69 Å². The fraction of sp³-hybridized carbons (Fsp3) is 0.0833. The second-order valence-electron chi connectivity index (χ2n) is 3.42. The average Bonchev–Trinajstić information content (AvgIpc) is 2.31. The van der Waals surface area contributed by atoms with Gasteiger partial charge in [0.1, 0.15) is 11.6 Å². The number of anilines is 1. The summed E-state index contributed by atoms with van der Waals surface area (Å²) in [4.78, 5) is 3.42. The van der Waals surface area contributed by atoms with E-state index in [4.69, 9.17) is 0 Å². The Morgan fingerprint density at radius 3 is 2.29 bits per heavy atom. The third kappa shape index (κ3) is 2.75. The Kier molecular flexibility index (Phi) is 3.27. The number of aromatic nitrogens is 1. The smallest absolute Gasteiger partial charge is 0.212 e. The number of nitrogens with one attached hydrogen (secondary N) is 1. The SMILES string of the molecule is Fc1ccc(NCc2c(F)cccc2F)cn1. The van der Waals surface area contributed by atoms with Crippen LogP contribution in [-0.4, -0.2) is 4.98 Å². The normalized spacial score (nSPS) is 10.3. The maximum absolute atomic E-state index is 13.3. The van der Waals surface area contributed by atoms with Crippen LogP contribution in [0, 0.1) is 17.6 Å². The van der Waals surface area contributed by atoms with Gasteiger partial charge >= 0.3 is 0 Å². The summed E-state index contributed by atoms with van der Waals surface area (Å²) in [6, 6.07) is 6.28. The minimum absolute atomic E-state index is 0.0220. The first kappa shape index (κ1) is 11.4. The minimum atomic E-state index is -0.618. The van der Waals surface area contributed by atoms with E-state index in [1.807, 2.05) is 0 Å². The van der Waals surface area contributed by atoms with Crippen LogP contribution in [0.15, 0.2) is 36.5 Å². The molecule has 0 unspecified atom stereocenters. The Morgan fingerprint density at radius 2 is 1.71 bits per heavy atom. The molecule has 2 rings (SSSR count). The second kappa shape index (κ2) is 4.86. The van der Waals surface area contributed by atoms with Gasteiger partial charge in [-0.3, -0.25) is 0 Å². The van der Waals surface area contributed by atoms with E-state index in [-0.39, 0.29) is 12.1 Å². The van der Waals surface area contributed by atoms with Gasteiger partial charge in [0, 0.05) is 12.1 Å². The van der Waals surface area contributed by atoms with E-state index in [0.29, 0.717) is 5.69 Å². The Morgan fingerprint density at radius 1 is 1.00 bits per heavy atom. The first-order valence-electron chi connectivity index (χ1n) is 4.95. The van der Waals surface area contributed by atoms with Crippen molar-refractivity contribution in [1.82, 2.24) is 4.98 Å². The molecule has 0 radical (unpaired) electrons. The van der Waals surface area contributed by atoms with Crippen LogP contribution in [0.25, 0.3) is 0 Å². The molecule has 0 aliphatic heterocycles. The second-order valence-corrected chi connectivity index (χ2v) is 3.42. The molecule has 0 fully saturated rings. The van der Waals surface area contributed by atoms with Crippen molar-refractivity contribution in [3.63, 3.8) is 0 Å². The van der Waals surface area contributed by atoms with Crippen LogP contribution in [0.1, 0.15) is 5.56 Å². The standard InChI is InChI=1S/C12H9F3N2/c13-10-2-1-3-11(14)9(10)7-16-8-4-5-12(15)17-6-8/h1-6,16H,7H2. The van der Waals surface area contributed by atoms with Gasteiger partial charge in [-0.2, -0.15) is 4.39 Å². The van der Waals surface area contributed by atoms with Crippen molar-refractivity contribution in [3.8, 4) is 0 Å². The van der Waals surface area contributed by atoms with Gasteiger partial charge in [0.05, 0.1) is 11.9 Å². The summed E-state index contributed by atoms with van der Waals surface area (Å²) in [5.74, 6) is -1.84. The van der Waals surface area contributed by atoms with Crippen LogP contribution in [0.4, 0.5) is 18.9 Å². The molecule has 1 aromatic carbocycles. The zero-order valence-electron chi connectivity index (χ0n) is 8.75. The number of rotatable bonds is 3. The summed E-state index contributed by atoms with van der Waals surface area (Å²) >= 11 is 0. The van der Waals surface area contributed by atoms with Crippen LogP contribution < -0.4 is 5.32 Å². The van der Waals surface area contributed by atoms with Crippen LogP contribution in [0.5, 0.6) is 0 Å². The van der Waals surface area contributed by atoms with Gasteiger partial charge in [0.25, 0.3) is 0 Å². The molecule has 1 heterocycles. The largest absolute Gasteiger partial charge is 0.379 e. The van der Waals surface area contributed by atoms with Crippen LogP contribution in [0.3, 0.4) is 0 Å². The monoisotopic (exact) mass is 238 g/mol. The number of benzene rings is 1. The summed E-state index contributed by atoms with van der Waals surface area (Å²) in [6.45, 7) is -0.0220. The molecule has 17 heavy (non-hydrogen) atoms. The fourth-order valence-corrected chi connectivity index (χ4v) is 1.37. The summed E-state index contributed by atoms with van der Waals surface area (Å²) < 4.78 is 39.0. The van der Waals surface area contributed by atoms with Gasteiger partial charge in [-0.25, -0.2) is 13.8 Å². The highest BCUT2D eigenvalue weighted by Gasteiger charge is 2.07. The zero-order chi connectivity index (χ0) is 12.3. The molecular weight excluding hydrogens is 229 g/mol. The van der Waals surface area contributed by atoms with Gasteiger partial charge in [-0.05, 0) is 24.3 Å². The molecule has 2 nitrogen and oxygen atoms in total. The summed E-state index contributed by atoms with van der Waals surface area (Å²) in [5.41, 5.74) is 0.436. The molecular formula is C12H9F3N2. The molecule has 88 valence electrons. The molecule has 0 atom stereocenters. The van der Waals surface area contributed by atoms with E-state index in [1.165, 1.54) is 36.5 Å². The number of nitrogens with zero attached hydrogens (tertiary/aromatic N) is 1. The molecule has 0 spiro atoms. The van der Waals surface area contributed by atoms with Crippen molar-refractivity contribution < 1.29 is 13.2 Å². The predicted molar refractivity (Wildman–Crippen MR) is 57.9 cm³/mol. The Bertz CT molecular complexity index is 491. The minimum Gasteiger partial charge on any atom is -0.379 e. The third-order valence-electron chi connectivity index (χ3n) is 2.26. The molecule has 0 saturated heterocycles. The molecule has 0 amide bonds. The van der Waals surface area contributed by atoms with Gasteiger partial charge in [-0.1, -0.05) is 6.07 Å². The lowest BCUT2D eigenvalue weighted by molar-refractivity contribution is 0.559. The van der Waals surface area contributed by atoms with Gasteiger partial charge < -0.3 is 5.32 Å². The van der Waals surface area contributed by atoms with E-state index in [1.54, 1.807) is 0 Å². The van der Waals surface area contributed by atoms with Crippen molar-refractivity contribution in [2.24, 2.45) is 0 Å². The highest BCUT2D eigenvalue weighted by Crippen LogP contribution is 2.14. The molecule has 0 saturated carbocycles. The maximum atomic E-state index is 13.3. The van der Waals surface area contributed by atoms with Crippen molar-refractivity contribution in [3.05, 3.63) is 59.7 Å². The zero-order valence-corrected chi connectivity index (χ0v) is 8.75. The van der Waals surface area contributed by atoms with E-state index in [9.17, 15) is 13.2 Å². The summed E-state index contributed by atoms with van der Waals surface area (Å²) in [6.07, 6.45) is 1.26. The van der Waals surface area contributed by atoms with Crippen molar-refractivity contribution in [1.29, 1.82) is 0 Å². The van der Waals surface area contributed by atoms with Crippen LogP contribution in [0.2, 0.25) is 0 Å². The Balaban J connectivity index is 2.10. The van der Waals surface area contributed by atoms with Crippen LogP contribution >= 0.6 is 0 Å². The van der Waals surface area contributed by atoms with Gasteiger partial charge in [-0.15, -0.1) is 0 Å². The first-order chi connectivity index (χ1) is 8.16. The molecule has 2 aromatic rings. The highest BCUT2D eigenvalue weighted by atomic mass is 19.1. The quantitative estimate of drug-likeness (QED) is 0.831. The molecule has 1 aromatic heterocycles. The Hall–Kier alpha value is -2.04. The maximum Gasteiger partial charge on any atom is 0.212 e. The summed E-state index contributed by atoms with van der Waals surface area (Å²) in [5, 5.41) is 2.76. The first-order valence-corrected chi connectivity index (χ1v) is 4.95. The highest BCUT2D eigenvalue weighted by molar-refractivity contribution is 5.41. The molecule has 0 aliphatic rings. The van der Waals surface area contributed by atoms with Gasteiger partial charge in [0.15, 0.2) is 0 Å². The van der Waals surface area contributed by atoms with Gasteiger partial charge in [0.2, 0.25) is 5.95 Å². The number of hydrogen-bond donors (Lipinski definition) is 1. The van der Waals surface area contributed by atoms with E-state index >= 15 is 0 Å². The molecule has 5 heteroatoms. The summed E-state index contributed by atoms with van der Waals surface area (Å²) in [7, 11) is 0. The third-order valence-corrected chi connectivity index (χ3v) is 2.26. The van der Waals surface area contributed by atoms with E-state index in [0.717, 1.165) is 0 Å². The Labute approximate surface area is 96.1 Å². The van der Waals surface area contributed by atoms with Crippen molar-refractivity contribution in [2.75, 3.05) is 5.32 Å². The van der Waals surface area contributed by atoms with E-state index in [2.05, 4.69) is 10.3 Å². The lowest BCUT2D eigenvalue weighted by Crippen LogP contribution is -2.04. The molecule has 0 bridgehead atoms. The van der Waals surface area contributed by atoms with Crippen LogP contribution in [-0.2, 0) is 6.54 Å². The lowest BCUT2D eigenvalue weighted by atomic mass is 10.2. The average molecular weight is 238 g/mol. The molecule has 0 aliphatic carbocycles. The lowest BCUT2D eigenvalue weighted by Gasteiger charge is -2.07. The topological polar surface area (TPSA) is 24.9 Å². The van der Waals surface area contributed by atoms with Crippen molar-refractivity contribution in [2.45, 2.75) is 6.54 Å². The van der Waals surface area contributed by atoms with E-state index < -0.39 is 17.6 Å².